The van der Waals surface area contributed by atoms with Crippen molar-refractivity contribution in [3.63, 3.8) is 0 Å². The van der Waals surface area contributed by atoms with Crippen LogP contribution in [-0.2, 0) is 4.74 Å². The fraction of sp³-hybridized carbons (Fsp3) is 1.00. The maximum atomic E-state index is 10.3. The topological polar surface area (TPSA) is 49.7 Å². The number of hydrogen-bond donors (Lipinski definition) is 2. The number of ether oxygens (including phenoxy) is 1. The van der Waals surface area contributed by atoms with E-state index in [1.165, 1.54) is 25.7 Å². The summed E-state index contributed by atoms with van der Waals surface area (Å²) in [6, 6.07) is 0. The summed E-state index contributed by atoms with van der Waals surface area (Å²) in [7, 11) is 0. The lowest BCUT2D eigenvalue weighted by Gasteiger charge is -2.60. The molecule has 0 aromatic heterocycles. The Kier molecular flexibility index (Phi) is 3.87. The molecule has 1 heterocycles. The van der Waals surface area contributed by atoms with Crippen LogP contribution in [0.3, 0.4) is 0 Å². The Morgan fingerprint density at radius 3 is 2.43 bits per heavy atom. The summed E-state index contributed by atoms with van der Waals surface area (Å²) in [4.78, 5) is 0. The van der Waals surface area contributed by atoms with Gasteiger partial charge >= 0.3 is 0 Å². The smallest absolute Gasteiger partial charge is 0.0656 e. The molecule has 3 nitrogen and oxygen atoms in total. The lowest BCUT2D eigenvalue weighted by molar-refractivity contribution is -0.212. The van der Waals surface area contributed by atoms with Gasteiger partial charge in [-0.2, -0.15) is 0 Å². The van der Waals surface area contributed by atoms with Crippen LogP contribution in [0, 0.1) is 34.5 Å². The normalized spacial score (nSPS) is 57.3. The zero-order valence-electron chi connectivity index (χ0n) is 15.0. The van der Waals surface area contributed by atoms with Gasteiger partial charge in [-0.15, -0.1) is 0 Å². The summed E-state index contributed by atoms with van der Waals surface area (Å²) in [5.74, 6) is 2.59. The summed E-state index contributed by atoms with van der Waals surface area (Å²) in [5, 5.41) is 20.3. The van der Waals surface area contributed by atoms with Gasteiger partial charge in [0.2, 0.25) is 0 Å². The fourth-order valence-corrected chi connectivity index (χ4v) is 7.35. The van der Waals surface area contributed by atoms with E-state index in [9.17, 15) is 10.2 Å². The van der Waals surface area contributed by atoms with E-state index in [-0.39, 0.29) is 23.7 Å². The van der Waals surface area contributed by atoms with Crippen LogP contribution < -0.4 is 0 Å². The third kappa shape index (κ3) is 2.26. The van der Waals surface area contributed by atoms with Crippen molar-refractivity contribution in [2.75, 3.05) is 6.61 Å². The minimum Gasteiger partial charge on any atom is -0.393 e. The molecule has 4 fully saturated rings. The minimum absolute atomic E-state index is 0.162. The van der Waals surface area contributed by atoms with Crippen LogP contribution in [0.2, 0.25) is 0 Å². The summed E-state index contributed by atoms with van der Waals surface area (Å²) in [6.07, 6.45) is 7.79. The molecule has 0 bridgehead atoms. The molecular formula is C20H34O3. The fourth-order valence-electron chi connectivity index (χ4n) is 7.35. The molecule has 2 N–H and O–H groups in total. The van der Waals surface area contributed by atoms with E-state index in [0.717, 1.165) is 31.8 Å². The number of aliphatic hydroxyl groups is 2. The number of rotatable bonds is 1. The molecule has 4 aliphatic rings. The van der Waals surface area contributed by atoms with Crippen molar-refractivity contribution in [1.29, 1.82) is 0 Å². The zero-order chi connectivity index (χ0) is 16.4. The van der Waals surface area contributed by atoms with Gasteiger partial charge in [0.25, 0.3) is 0 Å². The van der Waals surface area contributed by atoms with Crippen molar-refractivity contribution in [2.24, 2.45) is 34.5 Å². The largest absolute Gasteiger partial charge is 0.393 e. The van der Waals surface area contributed by atoms with Crippen LogP contribution in [0.4, 0.5) is 0 Å². The van der Waals surface area contributed by atoms with E-state index in [1.807, 2.05) is 6.92 Å². The first-order valence-corrected chi connectivity index (χ1v) is 9.84. The van der Waals surface area contributed by atoms with E-state index in [0.29, 0.717) is 23.2 Å². The second-order valence-corrected chi connectivity index (χ2v) is 9.60. The van der Waals surface area contributed by atoms with E-state index >= 15 is 0 Å². The molecule has 3 aliphatic carbocycles. The molecule has 23 heavy (non-hydrogen) atoms. The second kappa shape index (κ2) is 5.44. The van der Waals surface area contributed by atoms with Crippen molar-refractivity contribution in [2.45, 2.75) is 84.0 Å². The first-order chi connectivity index (χ1) is 10.9. The van der Waals surface area contributed by atoms with E-state index in [1.54, 1.807) is 0 Å². The lowest BCUT2D eigenvalue weighted by Crippen LogP contribution is -2.58. The highest BCUT2D eigenvalue weighted by Gasteiger charge is 2.61. The molecule has 1 saturated heterocycles. The van der Waals surface area contributed by atoms with Crippen molar-refractivity contribution in [3.05, 3.63) is 0 Å². The van der Waals surface area contributed by atoms with E-state index in [4.69, 9.17) is 4.74 Å². The summed E-state index contributed by atoms with van der Waals surface area (Å²) < 4.78 is 6.35. The van der Waals surface area contributed by atoms with Gasteiger partial charge in [0.1, 0.15) is 0 Å². The van der Waals surface area contributed by atoms with Crippen LogP contribution >= 0.6 is 0 Å². The Morgan fingerprint density at radius 1 is 1.00 bits per heavy atom. The first kappa shape index (κ1) is 16.4. The molecule has 0 aromatic carbocycles. The molecule has 0 unspecified atom stereocenters. The average molecular weight is 322 g/mol. The third-order valence-electron chi connectivity index (χ3n) is 8.67. The van der Waals surface area contributed by atoms with Gasteiger partial charge in [0, 0.05) is 6.42 Å². The quantitative estimate of drug-likeness (QED) is 0.778. The highest BCUT2D eigenvalue weighted by molar-refractivity contribution is 5.09. The van der Waals surface area contributed by atoms with Gasteiger partial charge in [-0.05, 0) is 80.0 Å². The predicted octanol–water partition coefficient (Wildman–Crippen LogP) is 3.38. The van der Waals surface area contributed by atoms with Crippen molar-refractivity contribution >= 4 is 0 Å². The Hall–Kier alpha value is -0.120. The molecular weight excluding hydrogens is 288 g/mol. The molecule has 3 saturated carbocycles. The second-order valence-electron chi connectivity index (χ2n) is 9.60. The molecule has 0 radical (unpaired) electrons. The van der Waals surface area contributed by atoms with Crippen LogP contribution in [0.1, 0.15) is 65.7 Å². The van der Waals surface area contributed by atoms with Gasteiger partial charge in [0.15, 0.2) is 0 Å². The van der Waals surface area contributed by atoms with Gasteiger partial charge in [0.05, 0.1) is 24.9 Å². The monoisotopic (exact) mass is 322 g/mol. The van der Waals surface area contributed by atoms with Crippen LogP contribution in [-0.4, -0.2) is 35.1 Å². The number of aliphatic hydroxyl groups excluding tert-OH is 2. The summed E-state index contributed by atoms with van der Waals surface area (Å²) in [6.45, 7) is 7.74. The molecule has 1 aliphatic heterocycles. The lowest BCUT2D eigenvalue weighted by atomic mass is 9.49. The Labute approximate surface area is 140 Å². The van der Waals surface area contributed by atoms with Crippen LogP contribution in [0.5, 0.6) is 0 Å². The van der Waals surface area contributed by atoms with Crippen molar-refractivity contribution in [3.8, 4) is 0 Å². The van der Waals surface area contributed by atoms with Crippen LogP contribution in [0.25, 0.3) is 0 Å². The molecule has 0 spiro atoms. The summed E-state index contributed by atoms with van der Waals surface area (Å²) in [5.41, 5.74) is 0.558. The zero-order valence-corrected chi connectivity index (χ0v) is 15.0. The summed E-state index contributed by atoms with van der Waals surface area (Å²) >= 11 is 0. The predicted molar refractivity (Wildman–Crippen MR) is 89.9 cm³/mol. The third-order valence-corrected chi connectivity index (χ3v) is 8.67. The molecule has 132 valence electrons. The van der Waals surface area contributed by atoms with Gasteiger partial charge in [-0.3, -0.25) is 0 Å². The first-order valence-electron chi connectivity index (χ1n) is 9.84. The van der Waals surface area contributed by atoms with E-state index in [2.05, 4.69) is 13.8 Å². The van der Waals surface area contributed by atoms with Gasteiger partial charge < -0.3 is 14.9 Å². The van der Waals surface area contributed by atoms with Crippen molar-refractivity contribution in [1.82, 2.24) is 0 Å². The van der Waals surface area contributed by atoms with Gasteiger partial charge in [-0.1, -0.05) is 13.8 Å². The Balaban J connectivity index is 1.60. The van der Waals surface area contributed by atoms with E-state index < -0.39 is 0 Å². The van der Waals surface area contributed by atoms with Crippen molar-refractivity contribution < 1.29 is 14.9 Å². The molecule has 9 atom stereocenters. The molecule has 3 heteroatoms. The molecule has 0 aromatic rings. The Morgan fingerprint density at radius 2 is 1.70 bits per heavy atom. The molecule has 4 rings (SSSR count). The highest BCUT2D eigenvalue weighted by atomic mass is 16.5. The van der Waals surface area contributed by atoms with Gasteiger partial charge in [-0.25, -0.2) is 0 Å². The standard InChI is InChI=1S/C20H34O3/c1-12(21)15-4-5-16-14-11-23-18-10-13(22)6-8-20(18,3)17(14)7-9-19(15,16)2/h12-18,21-22H,4-11H2,1-3H3/t12-,13+,14+,15-,16+,17+,18-,19-,20-/m1/s1. The number of fused-ring (bicyclic) bond motifs is 5. The maximum Gasteiger partial charge on any atom is 0.0656 e. The highest BCUT2D eigenvalue weighted by Crippen LogP contribution is 2.65. The minimum atomic E-state index is -0.181. The number of hydrogen-bond acceptors (Lipinski definition) is 3. The maximum absolute atomic E-state index is 10.3. The SMILES string of the molecule is C[C@@H](O)[C@H]1CC[C@H]2[C@@H]3CO[C@@H]4C[C@@H](O)CC[C@]4(C)[C@H]3CC[C@]12C. The Bertz CT molecular complexity index is 464. The average Bonchev–Trinajstić information content (AvgIpc) is 2.85. The van der Waals surface area contributed by atoms with Crippen LogP contribution in [0.15, 0.2) is 0 Å². The molecule has 0 amide bonds.